The molecule has 0 bridgehead atoms. The molecular formula is C25H25F2NO4. The molecule has 5 nitrogen and oxygen atoms in total. The first-order valence-electron chi connectivity index (χ1n) is 10.2. The molecule has 0 aromatic heterocycles. The smallest absolute Gasteiger partial charge is 0.317 e. The maximum Gasteiger partial charge on any atom is 0.317 e. The standard InChI is InChI=1S/C25H25F2NO4/c1-3-28(15-25(29)30)14-17-5-4-6-18(11-17)16-32-20-9-7-19(8-10-20)21-12-22(26)23(27)13-24(21)31-2/h4-13H,3,14-16H2,1-2H3,(H,29,30). The fourth-order valence-electron chi connectivity index (χ4n) is 3.37. The molecule has 0 saturated heterocycles. The van der Waals surface area contributed by atoms with Crippen molar-refractivity contribution in [1.29, 1.82) is 0 Å². The SMILES string of the molecule is CCN(CC(=O)O)Cc1cccc(COc2ccc(-c3cc(F)c(F)cc3OC)cc2)c1. The Morgan fingerprint density at radius 1 is 1.00 bits per heavy atom. The number of halogens is 2. The van der Waals surface area contributed by atoms with Crippen LogP contribution in [0.1, 0.15) is 18.1 Å². The molecule has 0 radical (unpaired) electrons. The van der Waals surface area contributed by atoms with E-state index in [2.05, 4.69) is 0 Å². The molecule has 168 valence electrons. The van der Waals surface area contributed by atoms with Gasteiger partial charge in [0, 0.05) is 18.2 Å². The third-order valence-corrected chi connectivity index (χ3v) is 5.02. The molecule has 3 rings (SSSR count). The lowest BCUT2D eigenvalue weighted by molar-refractivity contribution is -0.138. The number of methoxy groups -OCH3 is 1. The van der Waals surface area contributed by atoms with E-state index in [9.17, 15) is 13.6 Å². The minimum absolute atomic E-state index is 0.00762. The van der Waals surface area contributed by atoms with Crippen molar-refractivity contribution in [2.45, 2.75) is 20.1 Å². The zero-order valence-corrected chi connectivity index (χ0v) is 18.0. The normalized spacial score (nSPS) is 10.9. The van der Waals surface area contributed by atoms with Crippen LogP contribution in [0.4, 0.5) is 8.78 Å². The summed E-state index contributed by atoms with van der Waals surface area (Å²) in [6.45, 7) is 3.44. The first kappa shape index (κ1) is 23.2. The molecule has 3 aromatic carbocycles. The van der Waals surface area contributed by atoms with Crippen molar-refractivity contribution in [3.05, 3.63) is 83.4 Å². The lowest BCUT2D eigenvalue weighted by Crippen LogP contribution is -2.29. The fourth-order valence-corrected chi connectivity index (χ4v) is 3.37. The molecule has 32 heavy (non-hydrogen) atoms. The van der Waals surface area contributed by atoms with Gasteiger partial charge in [-0.05, 0) is 41.4 Å². The average Bonchev–Trinajstić information content (AvgIpc) is 2.79. The summed E-state index contributed by atoms with van der Waals surface area (Å²) in [5.74, 6) is -1.88. The largest absolute Gasteiger partial charge is 0.496 e. The van der Waals surface area contributed by atoms with Gasteiger partial charge in [0.05, 0.1) is 13.7 Å². The molecule has 0 saturated carbocycles. The third kappa shape index (κ3) is 6.04. The highest BCUT2D eigenvalue weighted by Gasteiger charge is 2.12. The van der Waals surface area contributed by atoms with Crippen LogP contribution in [0.15, 0.2) is 60.7 Å². The number of likely N-dealkylation sites (N-methyl/N-ethyl adjacent to an activating group) is 1. The molecule has 7 heteroatoms. The highest BCUT2D eigenvalue weighted by atomic mass is 19.2. The van der Waals surface area contributed by atoms with Crippen LogP contribution in [0.5, 0.6) is 11.5 Å². The summed E-state index contributed by atoms with van der Waals surface area (Å²) in [5.41, 5.74) is 3.09. The minimum atomic E-state index is -0.960. The van der Waals surface area contributed by atoms with E-state index in [1.807, 2.05) is 36.1 Å². The van der Waals surface area contributed by atoms with Gasteiger partial charge in [-0.1, -0.05) is 43.3 Å². The van der Waals surface area contributed by atoms with Crippen molar-refractivity contribution in [1.82, 2.24) is 4.90 Å². The molecule has 0 amide bonds. The molecular weight excluding hydrogens is 416 g/mol. The highest BCUT2D eigenvalue weighted by Crippen LogP contribution is 2.33. The van der Waals surface area contributed by atoms with E-state index in [0.29, 0.717) is 36.6 Å². The summed E-state index contributed by atoms with van der Waals surface area (Å²) >= 11 is 0. The Morgan fingerprint density at radius 3 is 2.34 bits per heavy atom. The van der Waals surface area contributed by atoms with Crippen LogP contribution in [-0.4, -0.2) is 36.2 Å². The summed E-state index contributed by atoms with van der Waals surface area (Å²) in [5, 5.41) is 9.00. The molecule has 0 aliphatic rings. The Hall–Kier alpha value is -3.45. The number of ether oxygens (including phenoxy) is 2. The lowest BCUT2D eigenvalue weighted by atomic mass is 10.0. The number of rotatable bonds is 10. The molecule has 0 heterocycles. The van der Waals surface area contributed by atoms with Crippen molar-refractivity contribution in [3.63, 3.8) is 0 Å². The molecule has 0 fully saturated rings. The number of benzene rings is 3. The monoisotopic (exact) mass is 441 g/mol. The maximum absolute atomic E-state index is 13.7. The summed E-state index contributed by atoms with van der Waals surface area (Å²) in [6, 6.07) is 17.0. The number of nitrogens with zero attached hydrogens (tertiary/aromatic N) is 1. The van der Waals surface area contributed by atoms with E-state index in [0.717, 1.165) is 23.3 Å². The van der Waals surface area contributed by atoms with Gasteiger partial charge in [-0.2, -0.15) is 0 Å². The molecule has 0 aliphatic heterocycles. The summed E-state index contributed by atoms with van der Waals surface area (Å²) in [7, 11) is 1.41. The Balaban J connectivity index is 1.66. The molecule has 0 spiro atoms. The van der Waals surface area contributed by atoms with Crippen molar-refractivity contribution in [2.75, 3.05) is 20.2 Å². The Kier molecular flexibility index (Phi) is 7.78. The zero-order valence-electron chi connectivity index (χ0n) is 18.0. The molecule has 0 unspecified atom stereocenters. The van der Waals surface area contributed by atoms with Crippen molar-refractivity contribution < 1.29 is 28.2 Å². The Bertz CT molecular complexity index is 1070. The van der Waals surface area contributed by atoms with Crippen molar-refractivity contribution in [2.24, 2.45) is 0 Å². The fraction of sp³-hybridized carbons (Fsp3) is 0.240. The second kappa shape index (κ2) is 10.7. The predicted octanol–water partition coefficient (Wildman–Crippen LogP) is 5.13. The number of hydrogen-bond donors (Lipinski definition) is 1. The summed E-state index contributed by atoms with van der Waals surface area (Å²) < 4.78 is 38.2. The molecule has 1 N–H and O–H groups in total. The second-order valence-corrected chi connectivity index (χ2v) is 7.30. The number of carboxylic acid groups (broad SMARTS) is 1. The summed E-state index contributed by atoms with van der Waals surface area (Å²) in [6.07, 6.45) is 0. The Morgan fingerprint density at radius 2 is 1.69 bits per heavy atom. The average molecular weight is 441 g/mol. The van der Waals surface area contributed by atoms with Crippen LogP contribution in [0.3, 0.4) is 0 Å². The first-order valence-corrected chi connectivity index (χ1v) is 10.2. The van der Waals surface area contributed by atoms with Gasteiger partial charge in [-0.3, -0.25) is 9.69 Å². The number of hydrogen-bond acceptors (Lipinski definition) is 4. The van der Waals surface area contributed by atoms with Crippen LogP contribution in [0.2, 0.25) is 0 Å². The zero-order chi connectivity index (χ0) is 23.1. The van der Waals surface area contributed by atoms with Crippen molar-refractivity contribution in [3.8, 4) is 22.6 Å². The third-order valence-electron chi connectivity index (χ3n) is 5.02. The van der Waals surface area contributed by atoms with E-state index in [1.54, 1.807) is 24.3 Å². The summed E-state index contributed by atoms with van der Waals surface area (Å²) in [4.78, 5) is 12.8. The van der Waals surface area contributed by atoms with Gasteiger partial charge in [0.25, 0.3) is 0 Å². The molecule has 3 aromatic rings. The van der Waals surface area contributed by atoms with E-state index in [4.69, 9.17) is 14.6 Å². The Labute approximate surface area is 185 Å². The maximum atomic E-state index is 13.7. The highest BCUT2D eigenvalue weighted by molar-refractivity contribution is 5.71. The van der Waals surface area contributed by atoms with Crippen LogP contribution in [0, 0.1) is 11.6 Å². The van der Waals surface area contributed by atoms with Gasteiger partial charge in [0.1, 0.15) is 18.1 Å². The van der Waals surface area contributed by atoms with Crippen LogP contribution < -0.4 is 9.47 Å². The molecule has 0 atom stereocenters. The quantitative estimate of drug-likeness (QED) is 0.473. The topological polar surface area (TPSA) is 59.0 Å². The van der Waals surface area contributed by atoms with Gasteiger partial charge in [0.15, 0.2) is 11.6 Å². The van der Waals surface area contributed by atoms with E-state index >= 15 is 0 Å². The van der Waals surface area contributed by atoms with Gasteiger partial charge < -0.3 is 14.6 Å². The van der Waals surface area contributed by atoms with Gasteiger partial charge in [-0.15, -0.1) is 0 Å². The van der Waals surface area contributed by atoms with Gasteiger partial charge >= 0.3 is 5.97 Å². The van der Waals surface area contributed by atoms with Crippen LogP contribution >= 0.6 is 0 Å². The minimum Gasteiger partial charge on any atom is -0.496 e. The molecule has 0 aliphatic carbocycles. The van der Waals surface area contributed by atoms with Crippen molar-refractivity contribution >= 4 is 5.97 Å². The lowest BCUT2D eigenvalue weighted by Gasteiger charge is -2.18. The number of aliphatic carboxylic acids is 1. The number of carbonyl (C=O) groups is 1. The van der Waals surface area contributed by atoms with Gasteiger partial charge in [0.2, 0.25) is 0 Å². The van der Waals surface area contributed by atoms with Gasteiger partial charge in [-0.25, -0.2) is 8.78 Å². The first-order chi connectivity index (χ1) is 15.4. The number of carboxylic acids is 1. The van der Waals surface area contributed by atoms with E-state index in [1.165, 1.54) is 7.11 Å². The van der Waals surface area contributed by atoms with E-state index < -0.39 is 17.6 Å². The second-order valence-electron chi connectivity index (χ2n) is 7.30. The van der Waals surface area contributed by atoms with E-state index in [-0.39, 0.29) is 12.3 Å². The van der Waals surface area contributed by atoms with Crippen LogP contribution in [0.25, 0.3) is 11.1 Å². The van der Waals surface area contributed by atoms with Crippen LogP contribution in [-0.2, 0) is 17.9 Å². The predicted molar refractivity (Wildman–Crippen MR) is 118 cm³/mol.